The number of hydrogen-bond donors (Lipinski definition) is 1. The van der Waals surface area contributed by atoms with Crippen LogP contribution < -0.4 is 14.4 Å². The van der Waals surface area contributed by atoms with Gasteiger partial charge in [-0.25, -0.2) is 8.42 Å². The van der Waals surface area contributed by atoms with Crippen LogP contribution in [0.4, 0.5) is 5.69 Å². The number of aryl methyl sites for hydroxylation is 1. The van der Waals surface area contributed by atoms with Gasteiger partial charge >= 0.3 is 0 Å². The van der Waals surface area contributed by atoms with Crippen LogP contribution in [0.15, 0.2) is 71.6 Å². The molecule has 1 atom stereocenters. The summed E-state index contributed by atoms with van der Waals surface area (Å²) >= 11 is 12.4. The molecule has 0 spiro atoms. The first-order chi connectivity index (χ1) is 19.7. The molecule has 8 nitrogen and oxygen atoms in total. The van der Waals surface area contributed by atoms with Crippen molar-refractivity contribution in [2.45, 2.75) is 64.1 Å². The molecule has 3 aromatic rings. The Bertz CT molecular complexity index is 1530. The SMILES string of the molecule is CCC(C(=O)NC(C)(C)C)N(Cc1ccc(Cl)c(Cl)c1)C(=O)CN(c1cc(C)ccc1OC)S(=O)(=O)c1ccccc1. The van der Waals surface area contributed by atoms with Gasteiger partial charge < -0.3 is 15.0 Å². The summed E-state index contributed by atoms with van der Waals surface area (Å²) in [5, 5.41) is 3.59. The highest BCUT2D eigenvalue weighted by molar-refractivity contribution is 7.92. The van der Waals surface area contributed by atoms with Crippen LogP contribution in [0.25, 0.3) is 0 Å². The first-order valence-electron chi connectivity index (χ1n) is 13.5. The van der Waals surface area contributed by atoms with E-state index in [0.717, 1.165) is 9.87 Å². The zero-order chi connectivity index (χ0) is 31.2. The Balaban J connectivity index is 2.14. The summed E-state index contributed by atoms with van der Waals surface area (Å²) in [5.74, 6) is -0.662. The van der Waals surface area contributed by atoms with Crippen LogP contribution in [0.2, 0.25) is 10.0 Å². The minimum Gasteiger partial charge on any atom is -0.495 e. The quantitative estimate of drug-likeness (QED) is 0.270. The third-order valence-electron chi connectivity index (χ3n) is 6.43. The zero-order valence-corrected chi connectivity index (χ0v) is 27.0. The molecule has 0 bridgehead atoms. The molecule has 0 radical (unpaired) electrons. The molecule has 3 rings (SSSR count). The average Bonchev–Trinajstić information content (AvgIpc) is 2.92. The van der Waals surface area contributed by atoms with E-state index in [1.807, 2.05) is 27.7 Å². The van der Waals surface area contributed by atoms with Crippen molar-refractivity contribution in [3.63, 3.8) is 0 Å². The summed E-state index contributed by atoms with van der Waals surface area (Å²) in [6.45, 7) is 8.57. The van der Waals surface area contributed by atoms with Crippen molar-refractivity contribution in [1.82, 2.24) is 10.2 Å². The largest absolute Gasteiger partial charge is 0.495 e. The van der Waals surface area contributed by atoms with Crippen molar-refractivity contribution >= 4 is 50.7 Å². The van der Waals surface area contributed by atoms with Gasteiger partial charge in [-0.2, -0.15) is 0 Å². The Labute approximate surface area is 258 Å². The number of hydrogen-bond acceptors (Lipinski definition) is 5. The Morgan fingerprint density at radius 3 is 2.21 bits per heavy atom. The molecule has 42 heavy (non-hydrogen) atoms. The number of halogens is 2. The monoisotopic (exact) mass is 633 g/mol. The number of amides is 2. The summed E-state index contributed by atoms with van der Waals surface area (Å²) in [7, 11) is -2.80. The van der Waals surface area contributed by atoms with E-state index in [-0.39, 0.29) is 35.2 Å². The van der Waals surface area contributed by atoms with Crippen LogP contribution in [0.5, 0.6) is 5.75 Å². The molecular formula is C31H37Cl2N3O5S. The number of sulfonamides is 1. The Morgan fingerprint density at radius 2 is 1.64 bits per heavy atom. The van der Waals surface area contributed by atoms with E-state index in [9.17, 15) is 18.0 Å². The van der Waals surface area contributed by atoms with Gasteiger partial charge in [-0.1, -0.05) is 60.5 Å². The molecule has 3 aromatic carbocycles. The van der Waals surface area contributed by atoms with Crippen LogP contribution in [0, 0.1) is 6.92 Å². The number of carbonyl (C=O) groups is 2. The molecule has 11 heteroatoms. The van der Waals surface area contributed by atoms with Crippen LogP contribution in [0.3, 0.4) is 0 Å². The molecule has 2 amide bonds. The predicted octanol–water partition coefficient (Wildman–Crippen LogP) is 6.23. The second kappa shape index (κ2) is 13.8. The van der Waals surface area contributed by atoms with E-state index < -0.39 is 34.1 Å². The molecule has 0 aromatic heterocycles. The van der Waals surface area contributed by atoms with Crippen molar-refractivity contribution in [3.8, 4) is 5.75 Å². The van der Waals surface area contributed by atoms with Crippen molar-refractivity contribution in [3.05, 3.63) is 87.9 Å². The van der Waals surface area contributed by atoms with Crippen LogP contribution >= 0.6 is 23.2 Å². The van der Waals surface area contributed by atoms with Crippen molar-refractivity contribution in [2.75, 3.05) is 18.0 Å². The summed E-state index contributed by atoms with van der Waals surface area (Å²) in [6, 6.07) is 17.0. The number of benzene rings is 3. The maximum absolute atomic E-state index is 14.3. The lowest BCUT2D eigenvalue weighted by Gasteiger charge is -2.35. The van der Waals surface area contributed by atoms with Gasteiger partial charge in [0.2, 0.25) is 11.8 Å². The summed E-state index contributed by atoms with van der Waals surface area (Å²) in [6.07, 6.45) is 0.286. The van der Waals surface area contributed by atoms with Crippen molar-refractivity contribution < 1.29 is 22.7 Å². The van der Waals surface area contributed by atoms with E-state index in [0.29, 0.717) is 15.6 Å². The summed E-state index contributed by atoms with van der Waals surface area (Å²) in [5.41, 5.74) is 1.05. The molecule has 0 aliphatic rings. The fourth-order valence-corrected chi connectivity index (χ4v) is 6.19. The molecule has 226 valence electrons. The topological polar surface area (TPSA) is 96.0 Å². The van der Waals surface area contributed by atoms with Crippen LogP contribution in [-0.2, 0) is 26.2 Å². The Morgan fingerprint density at radius 1 is 0.976 bits per heavy atom. The third kappa shape index (κ3) is 8.18. The minimum absolute atomic E-state index is 0.00400. The number of ether oxygens (including phenoxy) is 1. The van der Waals surface area contributed by atoms with Crippen molar-refractivity contribution in [2.24, 2.45) is 0 Å². The lowest BCUT2D eigenvalue weighted by atomic mass is 10.1. The number of rotatable bonds is 11. The molecule has 1 unspecified atom stereocenters. The van der Waals surface area contributed by atoms with Gasteiger partial charge in [0.15, 0.2) is 0 Å². The van der Waals surface area contributed by atoms with Gasteiger partial charge in [0.1, 0.15) is 18.3 Å². The molecule has 0 fully saturated rings. The van der Waals surface area contributed by atoms with E-state index in [2.05, 4.69) is 5.32 Å². The average molecular weight is 635 g/mol. The fraction of sp³-hybridized carbons (Fsp3) is 0.355. The maximum atomic E-state index is 14.3. The molecule has 0 aliphatic carbocycles. The maximum Gasteiger partial charge on any atom is 0.264 e. The molecular weight excluding hydrogens is 597 g/mol. The van der Waals surface area contributed by atoms with Gasteiger partial charge in [-0.05, 0) is 81.6 Å². The number of methoxy groups -OCH3 is 1. The van der Waals surface area contributed by atoms with Gasteiger partial charge in [-0.3, -0.25) is 13.9 Å². The highest BCUT2D eigenvalue weighted by atomic mass is 35.5. The fourth-order valence-electron chi connectivity index (χ4n) is 4.44. The number of nitrogens with one attached hydrogen (secondary N) is 1. The summed E-state index contributed by atoms with van der Waals surface area (Å²) in [4.78, 5) is 29.1. The second-order valence-corrected chi connectivity index (χ2v) is 13.6. The number of nitrogens with zero attached hydrogens (tertiary/aromatic N) is 2. The van der Waals surface area contributed by atoms with Gasteiger partial charge in [0, 0.05) is 12.1 Å². The first-order valence-corrected chi connectivity index (χ1v) is 15.7. The van der Waals surface area contributed by atoms with E-state index in [1.54, 1.807) is 61.5 Å². The predicted molar refractivity (Wildman–Crippen MR) is 168 cm³/mol. The lowest BCUT2D eigenvalue weighted by Crippen LogP contribution is -2.55. The third-order valence-corrected chi connectivity index (χ3v) is 8.95. The van der Waals surface area contributed by atoms with Crippen LogP contribution in [0.1, 0.15) is 45.2 Å². The zero-order valence-electron chi connectivity index (χ0n) is 24.6. The summed E-state index contributed by atoms with van der Waals surface area (Å²) < 4.78 is 34.7. The second-order valence-electron chi connectivity index (χ2n) is 10.9. The molecule has 0 saturated carbocycles. The van der Waals surface area contributed by atoms with E-state index in [1.165, 1.54) is 24.1 Å². The van der Waals surface area contributed by atoms with E-state index >= 15 is 0 Å². The lowest BCUT2D eigenvalue weighted by molar-refractivity contribution is -0.141. The minimum atomic E-state index is -4.23. The Kier molecular flexibility index (Phi) is 10.9. The standard InChI is InChI=1S/C31H37Cl2N3O5S/c1-7-26(30(38)34-31(3,4)5)35(19-22-14-15-24(32)25(33)18-22)29(37)20-36(27-17-21(2)13-16-28(27)41-6)42(39,40)23-11-9-8-10-12-23/h8-18,26H,7,19-20H2,1-6H3,(H,34,38). The van der Waals surface area contributed by atoms with Crippen molar-refractivity contribution in [1.29, 1.82) is 0 Å². The Hall–Kier alpha value is -3.27. The molecule has 0 aliphatic heterocycles. The normalized spacial score (nSPS) is 12.4. The van der Waals surface area contributed by atoms with Gasteiger partial charge in [-0.15, -0.1) is 0 Å². The first kappa shape index (κ1) is 33.2. The highest BCUT2D eigenvalue weighted by Gasteiger charge is 2.35. The smallest absolute Gasteiger partial charge is 0.264 e. The van der Waals surface area contributed by atoms with E-state index in [4.69, 9.17) is 27.9 Å². The van der Waals surface area contributed by atoms with Crippen LogP contribution in [-0.4, -0.2) is 50.4 Å². The molecule has 1 N–H and O–H groups in total. The number of anilines is 1. The number of carbonyl (C=O) groups excluding carboxylic acids is 2. The van der Waals surface area contributed by atoms with Gasteiger partial charge in [0.25, 0.3) is 10.0 Å². The molecule has 0 heterocycles. The molecule has 0 saturated heterocycles. The highest BCUT2D eigenvalue weighted by Crippen LogP contribution is 2.34. The van der Waals surface area contributed by atoms with Gasteiger partial charge in [0.05, 0.1) is 27.7 Å².